The normalized spacial score (nSPS) is 13.6. The number of rotatable bonds is 8. The standard InChI is InChI=1S/C26H31N7O/c1-18-30-23-24(22-21(8-7-14-28-22)31-25(23)27-2)33(18)17-4-3-13-29-26(34)19-9-11-20(12-10-19)32-15-5-6-16-32/h7-12,14H,3-6,13,15-17H2,1-2H3,(H,27,31)(H,29,34). The number of hydrogen-bond donors (Lipinski definition) is 2. The van der Waals surface area contributed by atoms with E-state index in [0.29, 0.717) is 12.1 Å². The smallest absolute Gasteiger partial charge is 0.251 e. The summed E-state index contributed by atoms with van der Waals surface area (Å²) in [7, 11) is 1.86. The number of carbonyl (C=O) groups excluding carboxylic acids is 1. The van der Waals surface area contributed by atoms with Crippen LogP contribution in [0.15, 0.2) is 42.6 Å². The van der Waals surface area contributed by atoms with Crippen LogP contribution >= 0.6 is 0 Å². The summed E-state index contributed by atoms with van der Waals surface area (Å²) in [5.41, 5.74) is 5.48. The number of nitrogens with zero attached hydrogens (tertiary/aromatic N) is 5. The Morgan fingerprint density at radius 3 is 2.59 bits per heavy atom. The number of amides is 1. The fraction of sp³-hybridized carbons (Fsp3) is 0.385. The molecule has 1 saturated heterocycles. The van der Waals surface area contributed by atoms with Gasteiger partial charge in [-0.25, -0.2) is 9.97 Å². The van der Waals surface area contributed by atoms with Crippen LogP contribution in [0.1, 0.15) is 41.9 Å². The third-order valence-corrected chi connectivity index (χ3v) is 6.56. The quantitative estimate of drug-likeness (QED) is 0.387. The van der Waals surface area contributed by atoms with Gasteiger partial charge in [0.1, 0.15) is 22.4 Å². The zero-order valence-corrected chi connectivity index (χ0v) is 19.8. The summed E-state index contributed by atoms with van der Waals surface area (Å²) in [5, 5.41) is 6.22. The molecule has 0 unspecified atom stereocenters. The summed E-state index contributed by atoms with van der Waals surface area (Å²) in [5.74, 6) is 1.69. The third kappa shape index (κ3) is 4.27. The first-order chi connectivity index (χ1) is 16.7. The Kier molecular flexibility index (Phi) is 6.29. The minimum absolute atomic E-state index is 0.0165. The number of pyridine rings is 2. The summed E-state index contributed by atoms with van der Waals surface area (Å²) in [6.45, 7) is 5.68. The molecule has 1 aliphatic heterocycles. The fourth-order valence-corrected chi connectivity index (χ4v) is 4.76. The second-order valence-electron chi connectivity index (χ2n) is 8.79. The lowest BCUT2D eigenvalue weighted by Gasteiger charge is -2.17. The van der Waals surface area contributed by atoms with Crippen LogP contribution in [0.2, 0.25) is 0 Å². The Morgan fingerprint density at radius 1 is 1.03 bits per heavy atom. The fourth-order valence-electron chi connectivity index (χ4n) is 4.76. The summed E-state index contributed by atoms with van der Waals surface area (Å²) in [4.78, 5) is 28.9. The highest BCUT2D eigenvalue weighted by molar-refractivity contribution is 6.04. The maximum atomic E-state index is 12.6. The van der Waals surface area contributed by atoms with Crippen LogP contribution in [0.25, 0.3) is 22.1 Å². The molecule has 4 aromatic rings. The molecule has 1 aromatic carbocycles. The van der Waals surface area contributed by atoms with E-state index in [-0.39, 0.29) is 5.91 Å². The first-order valence-electron chi connectivity index (χ1n) is 12.1. The van der Waals surface area contributed by atoms with Crippen molar-refractivity contribution < 1.29 is 4.79 Å². The second kappa shape index (κ2) is 9.67. The molecule has 8 heteroatoms. The van der Waals surface area contributed by atoms with Crippen molar-refractivity contribution in [1.82, 2.24) is 24.8 Å². The van der Waals surface area contributed by atoms with Crippen LogP contribution in [0.5, 0.6) is 0 Å². The van der Waals surface area contributed by atoms with Gasteiger partial charge in [0.05, 0.1) is 5.52 Å². The molecule has 1 aliphatic rings. The molecule has 0 aliphatic carbocycles. The van der Waals surface area contributed by atoms with Crippen molar-refractivity contribution in [1.29, 1.82) is 0 Å². The van der Waals surface area contributed by atoms with Crippen molar-refractivity contribution in [3.8, 4) is 0 Å². The highest BCUT2D eigenvalue weighted by Crippen LogP contribution is 2.28. The van der Waals surface area contributed by atoms with Gasteiger partial charge in [-0.3, -0.25) is 9.78 Å². The molecule has 0 bridgehead atoms. The van der Waals surface area contributed by atoms with Gasteiger partial charge in [0.25, 0.3) is 5.91 Å². The molecule has 1 fully saturated rings. The summed E-state index contributed by atoms with van der Waals surface area (Å²) < 4.78 is 2.21. The van der Waals surface area contributed by atoms with E-state index in [1.165, 1.54) is 18.5 Å². The van der Waals surface area contributed by atoms with Crippen molar-refractivity contribution in [2.75, 3.05) is 36.9 Å². The predicted molar refractivity (Wildman–Crippen MR) is 137 cm³/mol. The van der Waals surface area contributed by atoms with Crippen LogP contribution in [0.3, 0.4) is 0 Å². The first-order valence-corrected chi connectivity index (χ1v) is 12.1. The largest absolute Gasteiger partial charge is 0.372 e. The number of aromatic nitrogens is 4. The van der Waals surface area contributed by atoms with Crippen LogP contribution in [-0.4, -0.2) is 52.1 Å². The van der Waals surface area contributed by atoms with E-state index in [1.807, 2.05) is 38.2 Å². The van der Waals surface area contributed by atoms with E-state index in [2.05, 4.69) is 42.2 Å². The molecule has 3 aromatic heterocycles. The van der Waals surface area contributed by atoms with Crippen LogP contribution in [0, 0.1) is 6.92 Å². The van der Waals surface area contributed by atoms with E-state index in [9.17, 15) is 4.79 Å². The molecule has 2 N–H and O–H groups in total. The van der Waals surface area contributed by atoms with Gasteiger partial charge in [0.15, 0.2) is 5.82 Å². The summed E-state index contributed by atoms with van der Waals surface area (Å²) in [6.07, 6.45) is 6.09. The van der Waals surface area contributed by atoms with E-state index in [4.69, 9.17) is 4.98 Å². The number of aryl methyl sites for hydroxylation is 2. The molecule has 4 heterocycles. The summed E-state index contributed by atoms with van der Waals surface area (Å²) in [6, 6.07) is 11.8. The number of anilines is 2. The van der Waals surface area contributed by atoms with Gasteiger partial charge in [0, 0.05) is 50.7 Å². The number of hydrogen-bond acceptors (Lipinski definition) is 6. The van der Waals surface area contributed by atoms with E-state index < -0.39 is 0 Å². The molecule has 0 radical (unpaired) electrons. The Bertz CT molecular complexity index is 1310. The Morgan fingerprint density at radius 2 is 1.82 bits per heavy atom. The van der Waals surface area contributed by atoms with Gasteiger partial charge in [-0.2, -0.15) is 0 Å². The Balaban J connectivity index is 1.20. The van der Waals surface area contributed by atoms with E-state index >= 15 is 0 Å². The topological polar surface area (TPSA) is 88.0 Å². The van der Waals surface area contributed by atoms with Gasteiger partial charge in [-0.1, -0.05) is 0 Å². The lowest BCUT2D eigenvalue weighted by Crippen LogP contribution is -2.25. The molecule has 1 amide bonds. The van der Waals surface area contributed by atoms with Crippen LogP contribution in [-0.2, 0) is 6.54 Å². The minimum Gasteiger partial charge on any atom is -0.372 e. The number of nitrogens with one attached hydrogen (secondary N) is 2. The van der Waals surface area contributed by atoms with Gasteiger partial charge in [0.2, 0.25) is 0 Å². The molecular weight excluding hydrogens is 426 g/mol. The van der Waals surface area contributed by atoms with Crippen molar-refractivity contribution in [3.05, 3.63) is 54.0 Å². The highest BCUT2D eigenvalue weighted by atomic mass is 16.1. The Hall–Kier alpha value is -3.68. The van der Waals surface area contributed by atoms with Gasteiger partial charge < -0.3 is 20.1 Å². The average molecular weight is 458 g/mol. The zero-order valence-electron chi connectivity index (χ0n) is 19.8. The monoisotopic (exact) mass is 457 g/mol. The van der Waals surface area contributed by atoms with Gasteiger partial charge in [-0.15, -0.1) is 0 Å². The van der Waals surface area contributed by atoms with Crippen LogP contribution in [0.4, 0.5) is 11.5 Å². The molecular formula is C26H31N7O. The van der Waals surface area contributed by atoms with Crippen LogP contribution < -0.4 is 15.5 Å². The molecule has 34 heavy (non-hydrogen) atoms. The number of carbonyl (C=O) groups is 1. The first kappa shape index (κ1) is 22.1. The molecule has 0 atom stereocenters. The molecule has 8 nitrogen and oxygen atoms in total. The number of benzene rings is 1. The third-order valence-electron chi connectivity index (χ3n) is 6.56. The maximum Gasteiger partial charge on any atom is 0.251 e. The molecule has 0 spiro atoms. The molecule has 0 saturated carbocycles. The lowest BCUT2D eigenvalue weighted by molar-refractivity contribution is 0.0953. The Labute approximate surface area is 199 Å². The van der Waals surface area contributed by atoms with Gasteiger partial charge in [-0.05, 0) is 69.0 Å². The number of fused-ring (bicyclic) bond motifs is 3. The van der Waals surface area contributed by atoms with E-state index in [1.54, 1.807) is 6.20 Å². The van der Waals surface area contributed by atoms with Crippen molar-refractivity contribution in [3.63, 3.8) is 0 Å². The zero-order chi connectivity index (χ0) is 23.5. The average Bonchev–Trinajstić information content (AvgIpc) is 3.52. The number of unbranched alkanes of at least 4 members (excludes halogenated alkanes) is 1. The lowest BCUT2D eigenvalue weighted by atomic mass is 10.2. The molecule has 176 valence electrons. The van der Waals surface area contributed by atoms with Crippen molar-refractivity contribution in [2.24, 2.45) is 0 Å². The van der Waals surface area contributed by atoms with E-state index in [0.717, 1.165) is 66.2 Å². The highest BCUT2D eigenvalue weighted by Gasteiger charge is 2.17. The number of imidazole rings is 1. The van der Waals surface area contributed by atoms with Crippen molar-refractivity contribution >= 4 is 39.5 Å². The van der Waals surface area contributed by atoms with Crippen molar-refractivity contribution in [2.45, 2.75) is 39.2 Å². The summed E-state index contributed by atoms with van der Waals surface area (Å²) >= 11 is 0. The molecule has 5 rings (SSSR count). The second-order valence-corrected chi connectivity index (χ2v) is 8.79. The van der Waals surface area contributed by atoms with Gasteiger partial charge >= 0.3 is 0 Å². The SMILES string of the molecule is CNc1nc2cccnc2c2c1nc(C)n2CCCCNC(=O)c1ccc(N2CCCC2)cc1. The maximum absolute atomic E-state index is 12.6. The minimum atomic E-state index is -0.0165. The predicted octanol–water partition coefficient (Wildman–Crippen LogP) is 4.14.